The summed E-state index contributed by atoms with van der Waals surface area (Å²) in [5, 5.41) is 0. The van der Waals surface area contributed by atoms with E-state index < -0.39 is 0 Å². The molecule has 6 aliphatic carbocycles. The van der Waals surface area contributed by atoms with Crippen LogP contribution in [0.4, 0.5) is 0 Å². The molecule has 14 atom stereocenters. The normalized spacial score (nSPS) is 83.2. The van der Waals surface area contributed by atoms with Crippen LogP contribution in [0.2, 0.25) is 0 Å². The Hall–Kier alpha value is -0.0800. The summed E-state index contributed by atoms with van der Waals surface area (Å²) in [6.45, 7) is 5.12. The van der Waals surface area contributed by atoms with Gasteiger partial charge >= 0.3 is 0 Å². The first kappa shape index (κ1) is 11.5. The molecular formula is C20H26O2. The van der Waals surface area contributed by atoms with Crippen molar-refractivity contribution in [2.24, 2.45) is 59.2 Å². The van der Waals surface area contributed by atoms with Crippen molar-refractivity contribution in [1.29, 1.82) is 0 Å². The maximum absolute atomic E-state index is 6.93. The Balaban J connectivity index is 1.46. The summed E-state index contributed by atoms with van der Waals surface area (Å²) >= 11 is 0. The lowest BCUT2D eigenvalue weighted by molar-refractivity contribution is -0.109. The molecule has 0 radical (unpaired) electrons. The second kappa shape index (κ2) is 2.86. The summed E-state index contributed by atoms with van der Waals surface area (Å²) in [5.41, 5.74) is 0.507. The molecule has 0 amide bonds. The molecule has 6 saturated carbocycles. The lowest BCUT2D eigenvalue weighted by Crippen LogP contribution is -2.42. The Bertz CT molecular complexity index is 577. The molecule has 0 aromatic heterocycles. The van der Waals surface area contributed by atoms with E-state index in [1.807, 2.05) is 0 Å². The highest BCUT2D eigenvalue weighted by Gasteiger charge is 2.88. The predicted octanol–water partition coefficient (Wildman–Crippen LogP) is 3.11. The van der Waals surface area contributed by atoms with Gasteiger partial charge in [0.1, 0.15) is 0 Å². The van der Waals surface area contributed by atoms with Gasteiger partial charge in [0, 0.05) is 0 Å². The van der Waals surface area contributed by atoms with Crippen LogP contribution >= 0.6 is 0 Å². The molecule has 8 aliphatic rings. The Labute approximate surface area is 132 Å². The van der Waals surface area contributed by atoms with Crippen molar-refractivity contribution in [2.45, 2.75) is 62.9 Å². The van der Waals surface area contributed by atoms with Crippen LogP contribution in [-0.2, 0) is 9.47 Å². The van der Waals surface area contributed by atoms with Gasteiger partial charge in [0.2, 0.25) is 0 Å². The monoisotopic (exact) mass is 298 g/mol. The molecule has 0 spiro atoms. The fourth-order valence-corrected chi connectivity index (χ4v) is 11.2. The molecule has 8 fully saturated rings. The van der Waals surface area contributed by atoms with Gasteiger partial charge in [-0.15, -0.1) is 0 Å². The van der Waals surface area contributed by atoms with Crippen molar-refractivity contribution in [3.05, 3.63) is 0 Å². The van der Waals surface area contributed by atoms with E-state index in [1.54, 1.807) is 0 Å². The maximum Gasteiger partial charge on any atom is 0.0726 e. The molecule has 0 aromatic rings. The third-order valence-electron chi connectivity index (χ3n) is 10.7. The number of fused-ring (bicyclic) bond motifs is 4. The fraction of sp³-hybridized carbons (Fsp3) is 1.00. The molecule has 0 unspecified atom stereocenters. The molecule has 22 heavy (non-hydrogen) atoms. The van der Waals surface area contributed by atoms with Gasteiger partial charge < -0.3 is 9.47 Å². The maximum atomic E-state index is 6.93. The van der Waals surface area contributed by atoms with Crippen LogP contribution in [0, 0.1) is 59.2 Å². The van der Waals surface area contributed by atoms with Crippen molar-refractivity contribution < 1.29 is 9.47 Å². The average molecular weight is 298 g/mol. The van der Waals surface area contributed by atoms with E-state index in [0.717, 1.165) is 59.2 Å². The van der Waals surface area contributed by atoms with Crippen LogP contribution in [0.1, 0.15) is 39.5 Å². The second-order valence-corrected chi connectivity index (χ2v) is 10.6. The van der Waals surface area contributed by atoms with Gasteiger partial charge in [-0.05, 0) is 98.7 Å². The molecule has 0 aromatic carbocycles. The van der Waals surface area contributed by atoms with Gasteiger partial charge in [0.15, 0.2) is 0 Å². The molecule has 2 heteroatoms. The van der Waals surface area contributed by atoms with Gasteiger partial charge in [-0.25, -0.2) is 0 Å². The van der Waals surface area contributed by atoms with Crippen LogP contribution in [0.5, 0.6) is 0 Å². The molecule has 2 saturated heterocycles. The van der Waals surface area contributed by atoms with Crippen molar-refractivity contribution >= 4 is 0 Å². The highest BCUT2D eigenvalue weighted by atomic mass is 16.5. The zero-order chi connectivity index (χ0) is 14.2. The highest BCUT2D eigenvalue weighted by Crippen LogP contribution is 2.86. The first-order valence-electron chi connectivity index (χ1n) is 10.0. The molecule has 2 nitrogen and oxygen atoms in total. The smallest absolute Gasteiger partial charge is 0.0726 e. The summed E-state index contributed by atoms with van der Waals surface area (Å²) in [7, 11) is 0. The highest BCUT2D eigenvalue weighted by molar-refractivity contribution is 5.35. The Morgan fingerprint density at radius 3 is 1.50 bits per heavy atom. The molecule has 0 bridgehead atoms. The van der Waals surface area contributed by atoms with Crippen molar-refractivity contribution in [1.82, 2.24) is 0 Å². The van der Waals surface area contributed by atoms with Crippen molar-refractivity contribution in [3.8, 4) is 0 Å². The van der Waals surface area contributed by atoms with Crippen LogP contribution in [0.3, 0.4) is 0 Å². The Morgan fingerprint density at radius 1 is 0.591 bits per heavy atom. The van der Waals surface area contributed by atoms with E-state index in [-0.39, 0.29) is 11.2 Å². The third kappa shape index (κ3) is 0.775. The van der Waals surface area contributed by atoms with E-state index in [0.29, 0.717) is 12.2 Å². The summed E-state index contributed by atoms with van der Waals surface area (Å²) in [6, 6.07) is 0. The molecule has 8 rings (SSSR count). The third-order valence-corrected chi connectivity index (χ3v) is 10.7. The minimum Gasteiger partial charge on any atom is -0.371 e. The van der Waals surface area contributed by atoms with Gasteiger partial charge in [0.25, 0.3) is 0 Å². The number of ether oxygens (including phenoxy) is 2. The van der Waals surface area contributed by atoms with Crippen molar-refractivity contribution in [2.75, 3.05) is 0 Å². The molecular weight excluding hydrogens is 272 g/mol. The Kier molecular flexibility index (Phi) is 1.49. The minimum atomic E-state index is 0.253. The number of hydrogen-bond donors (Lipinski definition) is 0. The fourth-order valence-electron chi connectivity index (χ4n) is 11.2. The van der Waals surface area contributed by atoms with Gasteiger partial charge in [-0.2, -0.15) is 0 Å². The summed E-state index contributed by atoms with van der Waals surface area (Å²) in [5.74, 6) is 9.21. The zero-order valence-electron chi connectivity index (χ0n) is 13.6. The first-order valence-corrected chi connectivity index (χ1v) is 10.0. The predicted molar refractivity (Wildman–Crippen MR) is 79.9 cm³/mol. The Morgan fingerprint density at radius 2 is 1.05 bits per heavy atom. The van der Waals surface area contributed by atoms with Crippen LogP contribution in [0.15, 0.2) is 0 Å². The average Bonchev–Trinajstić information content (AvgIpc) is 3.19. The van der Waals surface area contributed by atoms with Gasteiger partial charge in [-0.3, -0.25) is 0 Å². The SMILES string of the molecule is C[C@]12O[C@@H]3CC[C@@H]4[C@@H]3[C@@H]1[C@@H]1[C@H]3[C@H]5[C@@H]6[C@@H](CC[C@@H]6O[C@]5(C)[C@@H]41)[C@@H]32. The molecule has 0 N–H and O–H groups in total. The van der Waals surface area contributed by atoms with Crippen LogP contribution in [-0.4, -0.2) is 23.4 Å². The summed E-state index contributed by atoms with van der Waals surface area (Å²) in [4.78, 5) is 0. The number of rotatable bonds is 0. The topological polar surface area (TPSA) is 18.5 Å². The first-order chi connectivity index (χ1) is 10.6. The molecule has 118 valence electrons. The summed E-state index contributed by atoms with van der Waals surface area (Å²) < 4.78 is 13.9. The summed E-state index contributed by atoms with van der Waals surface area (Å²) in [6.07, 6.45) is 6.80. The number of hydrogen-bond acceptors (Lipinski definition) is 2. The van der Waals surface area contributed by atoms with Gasteiger partial charge in [-0.1, -0.05) is 0 Å². The van der Waals surface area contributed by atoms with Crippen LogP contribution in [0.25, 0.3) is 0 Å². The lowest BCUT2D eigenvalue weighted by Gasteiger charge is -2.36. The quantitative estimate of drug-likeness (QED) is 0.684. The van der Waals surface area contributed by atoms with E-state index in [1.165, 1.54) is 25.7 Å². The van der Waals surface area contributed by atoms with Crippen LogP contribution < -0.4 is 0 Å². The van der Waals surface area contributed by atoms with Crippen molar-refractivity contribution in [3.63, 3.8) is 0 Å². The van der Waals surface area contributed by atoms with E-state index >= 15 is 0 Å². The minimum absolute atomic E-state index is 0.253. The molecule has 2 aliphatic heterocycles. The van der Waals surface area contributed by atoms with E-state index in [4.69, 9.17) is 9.47 Å². The van der Waals surface area contributed by atoms with E-state index in [2.05, 4.69) is 13.8 Å². The van der Waals surface area contributed by atoms with E-state index in [9.17, 15) is 0 Å². The molecule has 2 heterocycles. The zero-order valence-corrected chi connectivity index (χ0v) is 13.6. The van der Waals surface area contributed by atoms with Gasteiger partial charge in [0.05, 0.1) is 23.4 Å². The standard InChI is InChI=1S/C20H26O2/c1-19-15-7-3-6-10-12(7)18-13(15)14-16(20(18,2)22-10)8-4-5-9(21-19)11(8)17(14)19/h7-18H,3-6H2,1-2H3/t7-,8-,9-,10+,11+,12-,13-,14-,15+,16+,17-,18-,19-,20-/m1/s1. The lowest BCUT2D eigenvalue weighted by atomic mass is 9.72. The largest absolute Gasteiger partial charge is 0.371 e. The second-order valence-electron chi connectivity index (χ2n) is 10.6.